The highest BCUT2D eigenvalue weighted by Crippen LogP contribution is 2.23. The van der Waals surface area contributed by atoms with Crippen molar-refractivity contribution in [3.05, 3.63) is 69.3 Å². The van der Waals surface area contributed by atoms with Gasteiger partial charge in [-0.2, -0.15) is 0 Å². The van der Waals surface area contributed by atoms with Crippen molar-refractivity contribution >= 4 is 17.8 Å². The molecule has 3 rings (SSSR count). The maximum absolute atomic E-state index is 13.5. The fourth-order valence-corrected chi connectivity index (χ4v) is 3.72. The summed E-state index contributed by atoms with van der Waals surface area (Å²) < 4.78 is 34.8. The van der Waals surface area contributed by atoms with E-state index in [0.29, 0.717) is 5.56 Å². The van der Waals surface area contributed by atoms with Gasteiger partial charge in [0, 0.05) is 27.3 Å². The molecule has 1 N–H and O–H groups in total. The van der Waals surface area contributed by atoms with E-state index in [9.17, 15) is 23.6 Å². The lowest BCUT2D eigenvalue weighted by Gasteiger charge is -2.28. The minimum atomic E-state index is -1.31. The topological polar surface area (TPSA) is 165 Å². The number of hydrogen-bond donors (Lipinski definition) is 1. The Morgan fingerprint density at radius 1 is 1.18 bits per heavy atom. The third-order valence-corrected chi connectivity index (χ3v) is 5.58. The number of benzene rings is 1. The molecule has 0 saturated carbocycles. The average Bonchev–Trinajstić information content (AvgIpc) is 3.32. The lowest BCUT2D eigenvalue weighted by atomic mass is 10.0. The van der Waals surface area contributed by atoms with E-state index in [-0.39, 0.29) is 42.7 Å². The number of amides is 1. The number of Topliss-reactive ketones (excluding diaryl/α,β-unsaturated/α-hetero) is 1. The van der Waals surface area contributed by atoms with Gasteiger partial charge in [-0.3, -0.25) is 19.0 Å². The van der Waals surface area contributed by atoms with Crippen LogP contribution in [0.15, 0.2) is 33.5 Å². The second kappa shape index (κ2) is 12.5. The largest absolute Gasteiger partial charge is 0.511 e. The van der Waals surface area contributed by atoms with Gasteiger partial charge in [-0.15, -0.1) is 10.2 Å². The SMILES string of the molecule is CCOC(=O)OC(C)Oc1c(C(=O)CCc2ccc(F)cc2)nc(C(C)(C)NC(=O)c2nnc(C)o2)n(C)c1=O. The van der Waals surface area contributed by atoms with Crippen LogP contribution in [0.2, 0.25) is 0 Å². The summed E-state index contributed by atoms with van der Waals surface area (Å²) in [6, 6.07) is 5.62. The molecule has 0 aliphatic carbocycles. The molecular weight excluding hydrogens is 529 g/mol. The van der Waals surface area contributed by atoms with Crippen LogP contribution in [0, 0.1) is 12.7 Å². The predicted octanol–water partition coefficient (Wildman–Crippen LogP) is 2.99. The van der Waals surface area contributed by atoms with E-state index >= 15 is 0 Å². The van der Waals surface area contributed by atoms with E-state index in [1.807, 2.05) is 0 Å². The van der Waals surface area contributed by atoms with Crippen molar-refractivity contribution in [1.29, 1.82) is 0 Å². The smallest absolute Gasteiger partial charge is 0.447 e. The van der Waals surface area contributed by atoms with Gasteiger partial charge in [-0.25, -0.2) is 14.2 Å². The van der Waals surface area contributed by atoms with Gasteiger partial charge in [-0.1, -0.05) is 12.1 Å². The highest BCUT2D eigenvalue weighted by atomic mass is 19.1. The van der Waals surface area contributed by atoms with E-state index in [1.54, 1.807) is 20.8 Å². The minimum Gasteiger partial charge on any atom is -0.447 e. The number of carbonyl (C=O) groups excluding carboxylic acids is 3. The number of ether oxygens (including phenoxy) is 3. The molecule has 13 nitrogen and oxygen atoms in total. The number of aromatic nitrogens is 4. The van der Waals surface area contributed by atoms with Crippen LogP contribution in [0.3, 0.4) is 0 Å². The zero-order valence-corrected chi connectivity index (χ0v) is 22.9. The molecular formula is C26H30FN5O8. The molecule has 0 saturated heterocycles. The number of halogens is 1. The lowest BCUT2D eigenvalue weighted by Crippen LogP contribution is -2.46. The quantitative estimate of drug-likeness (QED) is 0.209. The first-order valence-corrected chi connectivity index (χ1v) is 12.3. The normalized spacial score (nSPS) is 12.0. The van der Waals surface area contributed by atoms with E-state index in [0.717, 1.165) is 4.57 Å². The number of hydrogen-bond acceptors (Lipinski definition) is 11. The lowest BCUT2D eigenvalue weighted by molar-refractivity contribution is -0.0531. The summed E-state index contributed by atoms with van der Waals surface area (Å²) in [5, 5.41) is 9.98. The first kappa shape index (κ1) is 29.9. The number of nitrogens with one attached hydrogen (secondary N) is 1. The molecule has 1 amide bonds. The van der Waals surface area contributed by atoms with Crippen molar-refractivity contribution in [1.82, 2.24) is 25.1 Å². The van der Waals surface area contributed by atoms with Crippen LogP contribution in [-0.2, 0) is 28.5 Å². The van der Waals surface area contributed by atoms with Crippen LogP contribution >= 0.6 is 0 Å². The van der Waals surface area contributed by atoms with Gasteiger partial charge in [0.1, 0.15) is 11.6 Å². The van der Waals surface area contributed by atoms with Crippen molar-refractivity contribution in [2.75, 3.05) is 6.61 Å². The maximum Gasteiger partial charge on any atom is 0.511 e. The number of carbonyl (C=O) groups is 3. The molecule has 1 aromatic carbocycles. The van der Waals surface area contributed by atoms with Gasteiger partial charge in [0.2, 0.25) is 17.9 Å². The number of nitrogens with zero attached hydrogens (tertiary/aromatic N) is 4. The molecule has 0 fully saturated rings. The minimum absolute atomic E-state index is 0.0125. The Labute approximate surface area is 228 Å². The molecule has 0 aliphatic rings. The van der Waals surface area contributed by atoms with Crippen molar-refractivity contribution in [2.45, 2.75) is 59.3 Å². The van der Waals surface area contributed by atoms with Crippen LogP contribution < -0.4 is 15.6 Å². The summed E-state index contributed by atoms with van der Waals surface area (Å²) in [5.41, 5.74) is -1.74. The Bertz CT molecular complexity index is 1450. The van der Waals surface area contributed by atoms with Crippen molar-refractivity contribution in [2.24, 2.45) is 7.05 Å². The first-order chi connectivity index (χ1) is 18.8. The Balaban J connectivity index is 1.99. The van der Waals surface area contributed by atoms with E-state index in [2.05, 4.69) is 20.5 Å². The highest BCUT2D eigenvalue weighted by Gasteiger charge is 2.33. The maximum atomic E-state index is 13.5. The molecule has 2 heterocycles. The van der Waals surface area contributed by atoms with E-state index in [4.69, 9.17) is 18.6 Å². The van der Waals surface area contributed by atoms with Crippen LogP contribution in [-0.4, -0.2) is 50.5 Å². The number of ketones is 1. The number of rotatable bonds is 11. The molecule has 214 valence electrons. The summed E-state index contributed by atoms with van der Waals surface area (Å²) in [5.74, 6) is -2.27. The molecule has 14 heteroatoms. The molecule has 0 spiro atoms. The Morgan fingerprint density at radius 2 is 1.85 bits per heavy atom. The summed E-state index contributed by atoms with van der Waals surface area (Å²) >= 11 is 0. The van der Waals surface area contributed by atoms with Crippen LogP contribution in [0.5, 0.6) is 5.75 Å². The summed E-state index contributed by atoms with van der Waals surface area (Å²) in [4.78, 5) is 55.7. The fourth-order valence-electron chi connectivity index (χ4n) is 3.72. The van der Waals surface area contributed by atoms with Crippen LogP contribution in [0.1, 0.15) is 72.6 Å². The molecule has 0 bridgehead atoms. The molecule has 0 aliphatic heterocycles. The Kier molecular flexibility index (Phi) is 9.35. The Morgan fingerprint density at radius 3 is 2.45 bits per heavy atom. The van der Waals surface area contributed by atoms with E-state index < -0.39 is 46.8 Å². The first-order valence-electron chi connectivity index (χ1n) is 12.3. The van der Waals surface area contributed by atoms with Gasteiger partial charge >= 0.3 is 18.0 Å². The van der Waals surface area contributed by atoms with Crippen molar-refractivity contribution in [3.63, 3.8) is 0 Å². The summed E-state index contributed by atoms with van der Waals surface area (Å²) in [6.45, 7) is 7.64. The molecule has 40 heavy (non-hydrogen) atoms. The van der Waals surface area contributed by atoms with Crippen molar-refractivity contribution < 1.29 is 37.4 Å². The predicted molar refractivity (Wildman–Crippen MR) is 136 cm³/mol. The van der Waals surface area contributed by atoms with Crippen LogP contribution in [0.25, 0.3) is 0 Å². The second-order valence-electron chi connectivity index (χ2n) is 9.22. The van der Waals surface area contributed by atoms with Gasteiger partial charge in [0.15, 0.2) is 11.5 Å². The number of aryl methyl sites for hydroxylation is 2. The highest BCUT2D eigenvalue weighted by molar-refractivity contribution is 5.97. The van der Waals surface area contributed by atoms with Gasteiger partial charge in [0.05, 0.1) is 12.1 Å². The third-order valence-electron chi connectivity index (χ3n) is 5.58. The molecule has 3 aromatic rings. The van der Waals surface area contributed by atoms with Gasteiger partial charge < -0.3 is 23.9 Å². The standard InChI is InChI=1S/C26H30FN5O8/c1-7-37-25(36)40-15(3)39-20-19(18(33)13-10-16-8-11-17(27)12-9-16)28-24(32(6)23(20)35)26(4,5)29-21(34)22-31-30-14(2)38-22/h8-9,11-12,15H,7,10,13H2,1-6H3,(H,29,34). The van der Waals surface area contributed by atoms with Crippen molar-refractivity contribution in [3.8, 4) is 5.75 Å². The Hall–Kier alpha value is -4.62. The third kappa shape index (κ3) is 7.27. The molecule has 2 aromatic heterocycles. The molecule has 0 radical (unpaired) electrons. The fraction of sp³-hybridized carbons (Fsp3) is 0.423. The second-order valence-corrected chi connectivity index (χ2v) is 9.22. The zero-order chi connectivity index (χ0) is 29.6. The summed E-state index contributed by atoms with van der Waals surface area (Å²) in [7, 11) is 1.38. The molecule has 1 atom stereocenters. The van der Waals surface area contributed by atoms with Gasteiger partial charge in [-0.05, 0) is 44.9 Å². The average molecular weight is 560 g/mol. The van der Waals surface area contributed by atoms with Crippen LogP contribution in [0.4, 0.5) is 9.18 Å². The van der Waals surface area contributed by atoms with Gasteiger partial charge in [0.25, 0.3) is 5.56 Å². The molecule has 1 unspecified atom stereocenters. The van der Waals surface area contributed by atoms with E-state index in [1.165, 1.54) is 45.2 Å². The zero-order valence-electron chi connectivity index (χ0n) is 22.9. The summed E-state index contributed by atoms with van der Waals surface area (Å²) in [6.07, 6.45) is -2.23. The monoisotopic (exact) mass is 559 g/mol.